The Kier molecular flexibility index (Phi) is 7.41. The highest BCUT2D eigenvalue weighted by atomic mass is 16.5. The number of methoxy groups -OCH3 is 2. The van der Waals surface area contributed by atoms with E-state index >= 15 is 0 Å². The molecule has 4 heteroatoms. The SMILES string of the molecule is CNC(COCCCOC)c1ccccc1OC. The van der Waals surface area contributed by atoms with Crippen molar-refractivity contribution in [2.75, 3.05) is 41.1 Å². The lowest BCUT2D eigenvalue weighted by molar-refractivity contribution is 0.0884. The van der Waals surface area contributed by atoms with Crippen molar-refractivity contribution < 1.29 is 14.2 Å². The van der Waals surface area contributed by atoms with Crippen LogP contribution in [0.5, 0.6) is 5.75 Å². The van der Waals surface area contributed by atoms with Gasteiger partial charge in [-0.3, -0.25) is 0 Å². The molecular formula is C14H23NO3. The molecule has 1 aromatic carbocycles. The summed E-state index contributed by atoms with van der Waals surface area (Å²) in [5.74, 6) is 0.886. The Balaban J connectivity index is 2.49. The maximum Gasteiger partial charge on any atom is 0.123 e. The monoisotopic (exact) mass is 253 g/mol. The predicted molar refractivity (Wildman–Crippen MR) is 72.1 cm³/mol. The van der Waals surface area contributed by atoms with E-state index < -0.39 is 0 Å². The molecule has 0 fully saturated rings. The Morgan fingerprint density at radius 1 is 1.17 bits per heavy atom. The summed E-state index contributed by atoms with van der Waals surface area (Å²) in [7, 11) is 5.31. The molecule has 0 saturated heterocycles. The molecule has 1 aromatic rings. The van der Waals surface area contributed by atoms with Crippen LogP contribution in [0.25, 0.3) is 0 Å². The van der Waals surface area contributed by atoms with Crippen molar-refractivity contribution in [3.05, 3.63) is 29.8 Å². The molecule has 18 heavy (non-hydrogen) atoms. The Labute approximate surface area is 109 Å². The van der Waals surface area contributed by atoms with Gasteiger partial charge in [-0.25, -0.2) is 0 Å². The number of likely N-dealkylation sites (N-methyl/N-ethyl adjacent to an activating group) is 1. The summed E-state index contributed by atoms with van der Waals surface area (Å²) < 4.78 is 16.0. The molecule has 0 aliphatic carbocycles. The maximum atomic E-state index is 5.64. The highest BCUT2D eigenvalue weighted by Crippen LogP contribution is 2.24. The van der Waals surface area contributed by atoms with E-state index in [-0.39, 0.29) is 6.04 Å². The Morgan fingerprint density at radius 3 is 2.61 bits per heavy atom. The first kappa shape index (κ1) is 15.0. The second kappa shape index (κ2) is 8.91. The summed E-state index contributed by atoms with van der Waals surface area (Å²) in [4.78, 5) is 0. The fourth-order valence-corrected chi connectivity index (χ4v) is 1.79. The lowest BCUT2D eigenvalue weighted by atomic mass is 10.1. The van der Waals surface area contributed by atoms with Crippen LogP contribution >= 0.6 is 0 Å². The summed E-state index contributed by atoms with van der Waals surface area (Å²) in [5.41, 5.74) is 1.12. The molecule has 1 atom stereocenters. The van der Waals surface area contributed by atoms with Crippen LogP contribution in [0, 0.1) is 0 Å². The van der Waals surface area contributed by atoms with Crippen LogP contribution in [0.2, 0.25) is 0 Å². The predicted octanol–water partition coefficient (Wildman–Crippen LogP) is 2.01. The molecule has 1 N–H and O–H groups in total. The third-order valence-electron chi connectivity index (χ3n) is 2.78. The number of ether oxygens (including phenoxy) is 3. The van der Waals surface area contributed by atoms with Crippen LogP contribution in [0.15, 0.2) is 24.3 Å². The minimum atomic E-state index is 0.142. The van der Waals surface area contributed by atoms with Gasteiger partial charge in [-0.1, -0.05) is 18.2 Å². The van der Waals surface area contributed by atoms with Crippen LogP contribution in [-0.2, 0) is 9.47 Å². The number of hydrogen-bond donors (Lipinski definition) is 1. The molecule has 0 bridgehead atoms. The zero-order valence-corrected chi connectivity index (χ0v) is 11.4. The quantitative estimate of drug-likeness (QED) is 0.683. The fourth-order valence-electron chi connectivity index (χ4n) is 1.79. The third kappa shape index (κ3) is 4.64. The molecule has 0 spiro atoms. The number of nitrogens with one attached hydrogen (secondary N) is 1. The second-order valence-corrected chi connectivity index (χ2v) is 4.00. The van der Waals surface area contributed by atoms with Crippen LogP contribution < -0.4 is 10.1 Å². The molecule has 0 heterocycles. The summed E-state index contributed by atoms with van der Waals surface area (Å²) in [6.07, 6.45) is 0.916. The summed E-state index contributed by atoms with van der Waals surface area (Å²) in [6, 6.07) is 8.13. The van der Waals surface area contributed by atoms with E-state index in [1.165, 1.54) is 0 Å². The molecule has 0 amide bonds. The molecule has 0 aromatic heterocycles. The maximum absolute atomic E-state index is 5.64. The largest absolute Gasteiger partial charge is 0.496 e. The molecule has 0 aliphatic rings. The second-order valence-electron chi connectivity index (χ2n) is 4.00. The van der Waals surface area contributed by atoms with Crippen molar-refractivity contribution in [3.63, 3.8) is 0 Å². The van der Waals surface area contributed by atoms with Gasteiger partial charge in [0.25, 0.3) is 0 Å². The van der Waals surface area contributed by atoms with E-state index in [0.717, 1.165) is 24.3 Å². The Morgan fingerprint density at radius 2 is 1.94 bits per heavy atom. The Bertz CT molecular complexity index is 331. The van der Waals surface area contributed by atoms with Gasteiger partial charge in [0.2, 0.25) is 0 Å². The van der Waals surface area contributed by atoms with Crippen molar-refractivity contribution in [2.24, 2.45) is 0 Å². The average Bonchev–Trinajstić information content (AvgIpc) is 2.43. The van der Waals surface area contributed by atoms with Crippen LogP contribution in [-0.4, -0.2) is 41.1 Å². The normalized spacial score (nSPS) is 12.4. The van der Waals surface area contributed by atoms with Crippen molar-refractivity contribution >= 4 is 0 Å². The fraction of sp³-hybridized carbons (Fsp3) is 0.571. The lowest BCUT2D eigenvalue weighted by Gasteiger charge is -2.19. The number of rotatable bonds is 9. The van der Waals surface area contributed by atoms with Gasteiger partial charge < -0.3 is 19.5 Å². The standard InChI is InChI=1S/C14H23NO3/c1-15-13(11-18-10-6-9-16-2)12-7-4-5-8-14(12)17-3/h4-5,7-8,13,15H,6,9-11H2,1-3H3. The smallest absolute Gasteiger partial charge is 0.123 e. The van der Waals surface area contributed by atoms with E-state index in [1.807, 2.05) is 25.2 Å². The molecule has 0 aliphatic heterocycles. The first-order valence-corrected chi connectivity index (χ1v) is 6.20. The van der Waals surface area contributed by atoms with Crippen molar-refractivity contribution in [1.82, 2.24) is 5.32 Å². The van der Waals surface area contributed by atoms with Gasteiger partial charge in [-0.05, 0) is 19.5 Å². The summed E-state index contributed by atoms with van der Waals surface area (Å²) in [6.45, 7) is 2.07. The minimum Gasteiger partial charge on any atom is -0.496 e. The van der Waals surface area contributed by atoms with Crippen molar-refractivity contribution in [3.8, 4) is 5.75 Å². The van der Waals surface area contributed by atoms with Crippen molar-refractivity contribution in [2.45, 2.75) is 12.5 Å². The Hall–Kier alpha value is -1.10. The molecule has 102 valence electrons. The van der Waals surface area contributed by atoms with E-state index in [2.05, 4.69) is 11.4 Å². The topological polar surface area (TPSA) is 39.7 Å². The number of hydrogen-bond acceptors (Lipinski definition) is 4. The minimum absolute atomic E-state index is 0.142. The zero-order valence-electron chi connectivity index (χ0n) is 11.4. The molecule has 4 nitrogen and oxygen atoms in total. The molecular weight excluding hydrogens is 230 g/mol. The first-order chi connectivity index (χ1) is 8.83. The summed E-state index contributed by atoms with van der Waals surface area (Å²) >= 11 is 0. The molecule has 1 unspecified atom stereocenters. The zero-order chi connectivity index (χ0) is 13.2. The van der Waals surface area contributed by atoms with E-state index in [9.17, 15) is 0 Å². The van der Waals surface area contributed by atoms with E-state index in [0.29, 0.717) is 13.2 Å². The van der Waals surface area contributed by atoms with Gasteiger partial charge in [0.05, 0.1) is 19.8 Å². The highest BCUT2D eigenvalue weighted by molar-refractivity contribution is 5.35. The van der Waals surface area contributed by atoms with E-state index in [1.54, 1.807) is 14.2 Å². The van der Waals surface area contributed by atoms with Crippen molar-refractivity contribution in [1.29, 1.82) is 0 Å². The van der Waals surface area contributed by atoms with Crippen LogP contribution in [0.1, 0.15) is 18.0 Å². The average molecular weight is 253 g/mol. The number of benzene rings is 1. The third-order valence-corrected chi connectivity index (χ3v) is 2.78. The van der Waals surface area contributed by atoms with Gasteiger partial charge in [-0.15, -0.1) is 0 Å². The molecule has 0 saturated carbocycles. The molecule has 1 rings (SSSR count). The molecule has 0 radical (unpaired) electrons. The van der Waals surface area contributed by atoms with Crippen LogP contribution in [0.3, 0.4) is 0 Å². The summed E-state index contributed by atoms with van der Waals surface area (Å²) in [5, 5.41) is 3.25. The van der Waals surface area contributed by atoms with E-state index in [4.69, 9.17) is 14.2 Å². The highest BCUT2D eigenvalue weighted by Gasteiger charge is 2.13. The number of para-hydroxylation sites is 1. The van der Waals surface area contributed by atoms with Gasteiger partial charge >= 0.3 is 0 Å². The van der Waals surface area contributed by atoms with Gasteiger partial charge in [-0.2, -0.15) is 0 Å². The first-order valence-electron chi connectivity index (χ1n) is 6.20. The van der Waals surface area contributed by atoms with Gasteiger partial charge in [0.15, 0.2) is 0 Å². The van der Waals surface area contributed by atoms with Gasteiger partial charge in [0, 0.05) is 25.9 Å². The lowest BCUT2D eigenvalue weighted by Crippen LogP contribution is -2.22. The van der Waals surface area contributed by atoms with Gasteiger partial charge in [0.1, 0.15) is 5.75 Å². The van der Waals surface area contributed by atoms with Crippen LogP contribution in [0.4, 0.5) is 0 Å².